The number of hydrogen-bond acceptors (Lipinski definition) is 0. The first-order valence-corrected chi connectivity index (χ1v) is 11.6. The zero-order valence-corrected chi connectivity index (χ0v) is 17.2. The number of fused-ring (bicyclic) bond motifs is 2. The SMILES string of the molecule is CCCC1CCc2cc(C3CCC4CC(CC)CCC4C3)c(F)c(F)c2C1. The molecule has 0 aliphatic heterocycles. The maximum absolute atomic E-state index is 15.1. The summed E-state index contributed by atoms with van der Waals surface area (Å²) in [6.07, 6.45) is 13.7. The van der Waals surface area contributed by atoms with Gasteiger partial charge in [0.2, 0.25) is 0 Å². The standard InChI is InChI=1S/C25H36F2/c1-3-5-17-7-9-21-15-23(25(27)24(26)22(21)13-17)20-11-10-18-12-16(4-2)6-8-19(18)14-20/h15-20H,3-14H2,1-2H3. The topological polar surface area (TPSA) is 0 Å². The van der Waals surface area contributed by atoms with E-state index >= 15 is 4.39 Å². The highest BCUT2D eigenvalue weighted by Crippen LogP contribution is 2.49. The summed E-state index contributed by atoms with van der Waals surface area (Å²) in [5, 5.41) is 0. The van der Waals surface area contributed by atoms with E-state index in [4.69, 9.17) is 0 Å². The number of hydrogen-bond donors (Lipinski definition) is 0. The van der Waals surface area contributed by atoms with Crippen LogP contribution in [-0.2, 0) is 12.8 Å². The molecule has 5 atom stereocenters. The molecule has 0 heterocycles. The molecule has 27 heavy (non-hydrogen) atoms. The third-order valence-electron chi connectivity index (χ3n) is 8.18. The number of rotatable bonds is 4. The molecule has 1 aromatic carbocycles. The molecule has 3 aliphatic carbocycles. The van der Waals surface area contributed by atoms with Crippen molar-refractivity contribution in [2.45, 2.75) is 96.8 Å². The van der Waals surface area contributed by atoms with Crippen LogP contribution in [0.25, 0.3) is 0 Å². The quantitative estimate of drug-likeness (QED) is 0.509. The maximum atomic E-state index is 15.1. The van der Waals surface area contributed by atoms with Gasteiger partial charge in [0.15, 0.2) is 11.6 Å². The van der Waals surface area contributed by atoms with E-state index < -0.39 is 11.6 Å². The zero-order valence-electron chi connectivity index (χ0n) is 17.2. The summed E-state index contributed by atoms with van der Waals surface area (Å²) in [6, 6.07) is 2.07. The van der Waals surface area contributed by atoms with Crippen LogP contribution in [0.15, 0.2) is 6.07 Å². The molecular weight excluding hydrogens is 338 g/mol. The lowest BCUT2D eigenvalue weighted by Crippen LogP contribution is -2.30. The van der Waals surface area contributed by atoms with Gasteiger partial charge in [0.05, 0.1) is 0 Å². The van der Waals surface area contributed by atoms with Crippen LogP contribution in [0.4, 0.5) is 8.78 Å². The first-order valence-electron chi connectivity index (χ1n) is 11.6. The van der Waals surface area contributed by atoms with Gasteiger partial charge in [0, 0.05) is 0 Å². The van der Waals surface area contributed by atoms with Crippen molar-refractivity contribution < 1.29 is 8.78 Å². The van der Waals surface area contributed by atoms with Crippen molar-refractivity contribution in [3.63, 3.8) is 0 Å². The maximum Gasteiger partial charge on any atom is 0.162 e. The summed E-state index contributed by atoms with van der Waals surface area (Å²) in [5.74, 6) is 2.21. The van der Waals surface area contributed by atoms with Gasteiger partial charge in [-0.1, -0.05) is 45.6 Å². The van der Waals surface area contributed by atoms with Crippen molar-refractivity contribution >= 4 is 0 Å². The van der Waals surface area contributed by atoms with Gasteiger partial charge in [-0.3, -0.25) is 0 Å². The van der Waals surface area contributed by atoms with Gasteiger partial charge >= 0.3 is 0 Å². The lowest BCUT2D eigenvalue weighted by atomic mass is 9.63. The van der Waals surface area contributed by atoms with Crippen LogP contribution in [-0.4, -0.2) is 0 Å². The Morgan fingerprint density at radius 2 is 1.67 bits per heavy atom. The van der Waals surface area contributed by atoms with Gasteiger partial charge in [0.1, 0.15) is 0 Å². The van der Waals surface area contributed by atoms with Gasteiger partial charge < -0.3 is 0 Å². The Kier molecular flexibility index (Phi) is 5.90. The Morgan fingerprint density at radius 1 is 0.889 bits per heavy atom. The van der Waals surface area contributed by atoms with Crippen LogP contribution < -0.4 is 0 Å². The molecule has 2 fully saturated rings. The first kappa shape index (κ1) is 19.4. The van der Waals surface area contributed by atoms with Crippen molar-refractivity contribution in [1.82, 2.24) is 0 Å². The van der Waals surface area contributed by atoms with E-state index in [-0.39, 0.29) is 5.92 Å². The zero-order chi connectivity index (χ0) is 19.0. The van der Waals surface area contributed by atoms with Crippen molar-refractivity contribution in [3.8, 4) is 0 Å². The van der Waals surface area contributed by atoms with E-state index in [0.29, 0.717) is 17.0 Å². The molecular formula is C25H36F2. The van der Waals surface area contributed by atoms with Crippen LogP contribution in [0.3, 0.4) is 0 Å². The molecule has 0 nitrogen and oxygen atoms in total. The molecule has 5 unspecified atom stereocenters. The number of aryl methyl sites for hydroxylation is 1. The Bertz CT molecular complexity index is 665. The second-order valence-electron chi connectivity index (χ2n) is 9.75. The van der Waals surface area contributed by atoms with E-state index in [1.165, 1.54) is 32.1 Å². The van der Waals surface area contributed by atoms with Gasteiger partial charge in [-0.15, -0.1) is 0 Å². The van der Waals surface area contributed by atoms with Gasteiger partial charge in [-0.2, -0.15) is 0 Å². The van der Waals surface area contributed by atoms with Gasteiger partial charge in [0.25, 0.3) is 0 Å². The van der Waals surface area contributed by atoms with Gasteiger partial charge in [-0.25, -0.2) is 8.78 Å². The van der Waals surface area contributed by atoms with Crippen LogP contribution >= 0.6 is 0 Å². The monoisotopic (exact) mass is 374 g/mol. The second-order valence-corrected chi connectivity index (χ2v) is 9.75. The fourth-order valence-corrected chi connectivity index (χ4v) is 6.52. The third kappa shape index (κ3) is 3.83. The van der Waals surface area contributed by atoms with Gasteiger partial charge in [-0.05, 0) is 97.6 Å². The molecule has 2 heteroatoms. The molecule has 150 valence electrons. The third-order valence-corrected chi connectivity index (χ3v) is 8.18. The minimum absolute atomic E-state index is 0.234. The summed E-state index contributed by atoms with van der Waals surface area (Å²) < 4.78 is 30.0. The van der Waals surface area contributed by atoms with E-state index in [1.807, 2.05) is 0 Å². The Morgan fingerprint density at radius 3 is 2.44 bits per heavy atom. The summed E-state index contributed by atoms with van der Waals surface area (Å²) in [7, 11) is 0. The summed E-state index contributed by atoms with van der Waals surface area (Å²) in [4.78, 5) is 0. The van der Waals surface area contributed by atoms with Crippen LogP contribution in [0.2, 0.25) is 0 Å². The minimum Gasteiger partial charge on any atom is -0.203 e. The molecule has 0 spiro atoms. The van der Waals surface area contributed by atoms with Crippen molar-refractivity contribution in [3.05, 3.63) is 34.4 Å². The molecule has 0 aromatic heterocycles. The lowest BCUT2D eigenvalue weighted by Gasteiger charge is -2.42. The summed E-state index contributed by atoms with van der Waals surface area (Å²) >= 11 is 0. The average Bonchev–Trinajstić information content (AvgIpc) is 2.70. The summed E-state index contributed by atoms with van der Waals surface area (Å²) in [5.41, 5.74) is 2.50. The molecule has 0 amide bonds. The van der Waals surface area contributed by atoms with E-state index in [0.717, 1.165) is 68.3 Å². The Labute approximate surface area is 164 Å². The van der Waals surface area contributed by atoms with E-state index in [2.05, 4.69) is 19.9 Å². The smallest absolute Gasteiger partial charge is 0.162 e. The molecule has 2 saturated carbocycles. The Hall–Kier alpha value is -0.920. The average molecular weight is 375 g/mol. The predicted molar refractivity (Wildman–Crippen MR) is 108 cm³/mol. The van der Waals surface area contributed by atoms with E-state index in [1.54, 1.807) is 0 Å². The highest BCUT2D eigenvalue weighted by molar-refractivity contribution is 5.38. The number of benzene rings is 1. The predicted octanol–water partition coefficient (Wildman–Crippen LogP) is 7.58. The minimum atomic E-state index is -0.517. The highest BCUT2D eigenvalue weighted by atomic mass is 19.2. The number of halogens is 2. The molecule has 0 saturated heterocycles. The van der Waals surface area contributed by atoms with Crippen molar-refractivity contribution in [1.29, 1.82) is 0 Å². The molecule has 4 rings (SSSR count). The fraction of sp³-hybridized carbons (Fsp3) is 0.760. The highest BCUT2D eigenvalue weighted by Gasteiger charge is 2.37. The van der Waals surface area contributed by atoms with Crippen LogP contribution in [0.5, 0.6) is 0 Å². The van der Waals surface area contributed by atoms with Crippen molar-refractivity contribution in [2.24, 2.45) is 23.7 Å². The van der Waals surface area contributed by atoms with Crippen LogP contribution in [0.1, 0.15) is 101 Å². The summed E-state index contributed by atoms with van der Waals surface area (Å²) in [6.45, 7) is 4.49. The fourth-order valence-electron chi connectivity index (χ4n) is 6.52. The molecule has 0 bridgehead atoms. The molecule has 3 aliphatic rings. The molecule has 0 radical (unpaired) electrons. The van der Waals surface area contributed by atoms with E-state index in [9.17, 15) is 4.39 Å². The van der Waals surface area contributed by atoms with Crippen LogP contribution in [0, 0.1) is 35.3 Å². The Balaban J connectivity index is 1.53. The molecule has 1 aromatic rings. The first-order chi connectivity index (χ1) is 13.1. The largest absolute Gasteiger partial charge is 0.203 e. The second kappa shape index (κ2) is 8.21. The lowest BCUT2D eigenvalue weighted by molar-refractivity contribution is 0.115. The van der Waals surface area contributed by atoms with Crippen molar-refractivity contribution in [2.75, 3.05) is 0 Å². The molecule has 0 N–H and O–H groups in total. The normalized spacial score (nSPS) is 33.4.